The number of hydrogen-bond donors (Lipinski definition) is 0. The van der Waals surface area contributed by atoms with Crippen LogP contribution < -0.4 is 9.80 Å². The average molecular weight is 578 g/mol. The second-order valence-corrected chi connectivity index (χ2v) is 12.4. The van der Waals surface area contributed by atoms with E-state index < -0.39 is 0 Å². The van der Waals surface area contributed by atoms with Crippen molar-refractivity contribution in [2.75, 3.05) is 9.80 Å². The van der Waals surface area contributed by atoms with Crippen molar-refractivity contribution in [1.82, 2.24) is 4.98 Å². The van der Waals surface area contributed by atoms with Crippen molar-refractivity contribution < 1.29 is 8.83 Å². The standard InChI is InChI=1S/C39H35N3O2/c1-4-11-23-17-20-34-30(22-23)28-13-9-14-31(36(28)43-34)41-32-15-10-21-40-38(32)42-35-27(24(5-2)25(6-3)39(41)42)18-19-29-26-12-7-8-16-33(26)44-37(29)35/h7-10,12-22,24-25,39H,4-6,11H2,1-3H3/t24-,25?,39?/m0/s1. The van der Waals surface area contributed by atoms with Crippen LogP contribution in [0.25, 0.3) is 43.9 Å². The summed E-state index contributed by atoms with van der Waals surface area (Å²) >= 11 is 0. The number of pyridine rings is 1. The molecule has 2 aliphatic rings. The molecule has 44 heavy (non-hydrogen) atoms. The molecule has 0 amide bonds. The molecular formula is C39H35N3O2. The molecule has 2 aliphatic heterocycles. The second-order valence-electron chi connectivity index (χ2n) is 12.4. The van der Waals surface area contributed by atoms with Gasteiger partial charge in [0.1, 0.15) is 17.3 Å². The summed E-state index contributed by atoms with van der Waals surface area (Å²) in [7, 11) is 0. The van der Waals surface area contributed by atoms with Crippen molar-refractivity contribution in [2.45, 2.75) is 58.5 Å². The first kappa shape index (κ1) is 25.7. The summed E-state index contributed by atoms with van der Waals surface area (Å²) < 4.78 is 13.4. The van der Waals surface area contributed by atoms with Crippen LogP contribution in [0.3, 0.4) is 0 Å². The Bertz CT molecular complexity index is 2230. The topological polar surface area (TPSA) is 45.7 Å². The average Bonchev–Trinajstić information content (AvgIpc) is 3.73. The van der Waals surface area contributed by atoms with E-state index in [0.29, 0.717) is 11.8 Å². The van der Waals surface area contributed by atoms with Crippen LogP contribution in [-0.2, 0) is 6.42 Å². The Balaban J connectivity index is 1.33. The monoisotopic (exact) mass is 577 g/mol. The van der Waals surface area contributed by atoms with E-state index >= 15 is 0 Å². The third-order valence-corrected chi connectivity index (χ3v) is 10.1. The Morgan fingerprint density at radius 1 is 0.682 bits per heavy atom. The van der Waals surface area contributed by atoms with Gasteiger partial charge in [0.05, 0.1) is 17.1 Å². The summed E-state index contributed by atoms with van der Waals surface area (Å²) in [5.74, 6) is 1.70. The zero-order valence-electron chi connectivity index (χ0n) is 25.4. The number of anilines is 4. The molecular weight excluding hydrogens is 542 g/mol. The number of nitrogens with zero attached hydrogens (tertiary/aromatic N) is 3. The zero-order chi connectivity index (χ0) is 29.5. The van der Waals surface area contributed by atoms with E-state index in [-0.39, 0.29) is 6.17 Å². The number of hydrogen-bond acceptors (Lipinski definition) is 5. The summed E-state index contributed by atoms with van der Waals surface area (Å²) in [5, 5.41) is 4.66. The molecule has 0 N–H and O–H groups in total. The van der Waals surface area contributed by atoms with Gasteiger partial charge in [0.25, 0.3) is 0 Å². The van der Waals surface area contributed by atoms with Gasteiger partial charge in [0.2, 0.25) is 0 Å². The molecule has 218 valence electrons. The number of benzene rings is 4. The summed E-state index contributed by atoms with van der Waals surface area (Å²) in [6.07, 6.45) is 6.22. The Labute approximate surface area is 256 Å². The molecule has 3 atom stereocenters. The van der Waals surface area contributed by atoms with Gasteiger partial charge in [-0.05, 0) is 72.7 Å². The van der Waals surface area contributed by atoms with E-state index in [1.807, 2.05) is 6.20 Å². The molecule has 9 rings (SSSR count). The molecule has 0 spiro atoms. The highest BCUT2D eigenvalue weighted by atomic mass is 16.3. The Hall–Kier alpha value is -4.77. The molecule has 0 fully saturated rings. The lowest BCUT2D eigenvalue weighted by molar-refractivity contribution is 0.323. The fourth-order valence-corrected chi connectivity index (χ4v) is 8.30. The number of para-hydroxylation sites is 2. The minimum atomic E-state index is 0.0237. The highest BCUT2D eigenvalue weighted by Gasteiger charge is 2.51. The second kappa shape index (κ2) is 9.62. The minimum absolute atomic E-state index is 0.0237. The van der Waals surface area contributed by atoms with Gasteiger partial charge in [-0.15, -0.1) is 0 Å². The number of aryl methyl sites for hydroxylation is 1. The van der Waals surface area contributed by atoms with Crippen LogP contribution in [0.4, 0.5) is 22.9 Å². The van der Waals surface area contributed by atoms with Crippen LogP contribution in [0.1, 0.15) is 57.1 Å². The lowest BCUT2D eigenvalue weighted by Crippen LogP contribution is -2.49. The van der Waals surface area contributed by atoms with E-state index in [2.05, 4.69) is 116 Å². The maximum atomic E-state index is 6.73. The molecule has 0 saturated heterocycles. The predicted molar refractivity (Wildman–Crippen MR) is 181 cm³/mol. The van der Waals surface area contributed by atoms with Gasteiger partial charge in [-0.1, -0.05) is 75.7 Å². The van der Waals surface area contributed by atoms with Crippen LogP contribution in [0, 0.1) is 5.92 Å². The fraction of sp³-hybridized carbons (Fsp3) is 0.256. The largest absolute Gasteiger partial charge is 0.454 e. The third-order valence-electron chi connectivity index (χ3n) is 10.1. The van der Waals surface area contributed by atoms with Gasteiger partial charge in [0.15, 0.2) is 17.0 Å². The third kappa shape index (κ3) is 3.38. The molecule has 5 heterocycles. The van der Waals surface area contributed by atoms with Crippen LogP contribution in [0.5, 0.6) is 0 Å². The Kier molecular flexibility index (Phi) is 5.62. The van der Waals surface area contributed by atoms with Gasteiger partial charge < -0.3 is 13.7 Å². The highest BCUT2D eigenvalue weighted by molar-refractivity contribution is 6.13. The molecule has 7 aromatic rings. The van der Waals surface area contributed by atoms with Gasteiger partial charge in [-0.3, -0.25) is 4.90 Å². The lowest BCUT2D eigenvalue weighted by Gasteiger charge is -2.46. The van der Waals surface area contributed by atoms with Crippen molar-refractivity contribution in [3.8, 4) is 0 Å². The quantitative estimate of drug-likeness (QED) is 0.204. The number of furan rings is 2. The maximum Gasteiger partial charge on any atom is 0.159 e. The van der Waals surface area contributed by atoms with E-state index in [1.54, 1.807) is 0 Å². The first-order valence-electron chi connectivity index (χ1n) is 16.1. The van der Waals surface area contributed by atoms with E-state index in [1.165, 1.54) is 16.5 Å². The predicted octanol–water partition coefficient (Wildman–Crippen LogP) is 11.0. The smallest absolute Gasteiger partial charge is 0.159 e. The molecule has 0 bridgehead atoms. The molecule has 5 heteroatoms. The van der Waals surface area contributed by atoms with Gasteiger partial charge in [-0.2, -0.15) is 0 Å². The van der Waals surface area contributed by atoms with Crippen molar-refractivity contribution in [1.29, 1.82) is 0 Å². The summed E-state index contributed by atoms with van der Waals surface area (Å²) in [6, 6.07) is 30.6. The molecule has 2 unspecified atom stereocenters. The Morgan fingerprint density at radius 2 is 1.48 bits per heavy atom. The highest BCUT2D eigenvalue weighted by Crippen LogP contribution is 2.59. The summed E-state index contributed by atoms with van der Waals surface area (Å²) in [4.78, 5) is 10.1. The van der Waals surface area contributed by atoms with Crippen LogP contribution in [0.2, 0.25) is 0 Å². The van der Waals surface area contributed by atoms with Gasteiger partial charge in [-0.25, -0.2) is 4.98 Å². The SMILES string of the molecule is CCCc1ccc2oc3c(N4c5cccnc5N5c6c(ccc7c6oc6ccccc67)[C@@H](CC)C(CC)C45)cccc3c2c1. The van der Waals surface area contributed by atoms with Gasteiger partial charge in [0, 0.05) is 33.7 Å². The number of fused-ring (bicyclic) bond motifs is 12. The van der Waals surface area contributed by atoms with Crippen LogP contribution >= 0.6 is 0 Å². The van der Waals surface area contributed by atoms with Crippen LogP contribution in [-0.4, -0.2) is 11.1 Å². The van der Waals surface area contributed by atoms with E-state index in [0.717, 1.165) is 87.1 Å². The summed E-state index contributed by atoms with van der Waals surface area (Å²) in [5.41, 5.74) is 9.79. The van der Waals surface area contributed by atoms with E-state index in [9.17, 15) is 0 Å². The lowest BCUT2D eigenvalue weighted by atomic mass is 9.75. The minimum Gasteiger partial charge on any atom is -0.454 e. The van der Waals surface area contributed by atoms with Crippen molar-refractivity contribution in [3.63, 3.8) is 0 Å². The zero-order valence-corrected chi connectivity index (χ0v) is 25.4. The van der Waals surface area contributed by atoms with Crippen molar-refractivity contribution in [2.24, 2.45) is 5.92 Å². The first-order chi connectivity index (χ1) is 21.7. The Morgan fingerprint density at radius 3 is 2.34 bits per heavy atom. The number of rotatable bonds is 5. The first-order valence-corrected chi connectivity index (χ1v) is 16.1. The molecule has 0 saturated carbocycles. The maximum absolute atomic E-state index is 6.73. The molecule has 4 aromatic carbocycles. The van der Waals surface area contributed by atoms with E-state index in [4.69, 9.17) is 13.8 Å². The molecule has 0 aliphatic carbocycles. The molecule has 3 aromatic heterocycles. The summed E-state index contributed by atoms with van der Waals surface area (Å²) in [6.45, 7) is 6.89. The molecule has 0 radical (unpaired) electrons. The normalized spacial score (nSPS) is 19.3. The molecule has 5 nitrogen and oxygen atoms in total. The van der Waals surface area contributed by atoms with Crippen molar-refractivity contribution in [3.05, 3.63) is 102 Å². The van der Waals surface area contributed by atoms with Gasteiger partial charge >= 0.3 is 0 Å². The number of aromatic nitrogens is 1. The van der Waals surface area contributed by atoms with Crippen molar-refractivity contribution >= 4 is 66.8 Å². The van der Waals surface area contributed by atoms with Crippen LogP contribution in [0.15, 0.2) is 100.0 Å². The fourth-order valence-electron chi connectivity index (χ4n) is 8.30.